The summed E-state index contributed by atoms with van der Waals surface area (Å²) in [5.74, 6) is -0.380. The number of alkyl halides is 3. The number of nitrogens with zero attached hydrogens (tertiary/aromatic N) is 4. The Morgan fingerprint density at radius 3 is 2.36 bits per heavy atom. The molecule has 13 nitrogen and oxygen atoms in total. The molecule has 8 rings (SSSR count). The van der Waals surface area contributed by atoms with Crippen molar-refractivity contribution in [3.8, 4) is 11.5 Å². The van der Waals surface area contributed by atoms with E-state index in [1.54, 1.807) is 30.5 Å². The second-order valence-corrected chi connectivity index (χ2v) is 22.5. The molecule has 3 aromatic carbocycles. The summed E-state index contributed by atoms with van der Waals surface area (Å²) >= 11 is 6.26. The molecule has 2 aliphatic heterocycles. The van der Waals surface area contributed by atoms with Gasteiger partial charge in [-0.05, 0) is 129 Å². The van der Waals surface area contributed by atoms with Crippen LogP contribution in [0, 0.1) is 11.3 Å². The van der Waals surface area contributed by atoms with Gasteiger partial charge in [0.25, 0.3) is 25.8 Å². The molecule has 19 heteroatoms. The zero-order valence-electron chi connectivity index (χ0n) is 37.8. The van der Waals surface area contributed by atoms with Crippen LogP contribution < -0.4 is 19.7 Å². The number of piperidine rings is 1. The van der Waals surface area contributed by atoms with Gasteiger partial charge >= 0.3 is 5.51 Å². The number of aromatic amines is 1. The van der Waals surface area contributed by atoms with Crippen molar-refractivity contribution in [3.63, 3.8) is 0 Å². The largest absolute Gasteiger partial charge is 0.501 e. The van der Waals surface area contributed by atoms with E-state index in [2.05, 4.69) is 58.0 Å². The number of H-pyrrole nitrogens is 1. The van der Waals surface area contributed by atoms with Crippen LogP contribution in [0.4, 0.5) is 24.5 Å². The summed E-state index contributed by atoms with van der Waals surface area (Å²) < 4.78 is 104. The lowest BCUT2D eigenvalue weighted by atomic mass is 9.66. The number of carbonyl (C=O) groups is 1. The lowest BCUT2D eigenvalue weighted by Crippen LogP contribution is -2.47. The molecule has 5 aromatic rings. The maximum absolute atomic E-state index is 14.0. The van der Waals surface area contributed by atoms with Crippen molar-refractivity contribution in [2.45, 2.75) is 74.2 Å². The molecule has 0 unspecified atom stereocenters. The molecule has 0 saturated carbocycles. The summed E-state index contributed by atoms with van der Waals surface area (Å²) in [5.41, 5.74) is -0.806. The summed E-state index contributed by atoms with van der Waals surface area (Å²) in [5, 5.41) is 4.30. The Morgan fingerprint density at radius 1 is 0.955 bits per heavy atom. The standard InChI is InChI=1S/C48H55ClF3N7O6S2/c1-31(2)47(3)17-13-40(32-5-7-35(49)8-6-32)34(28-47)30-58-21-23-59(24-22-58)37-9-11-41(43(26-37)65-38-25-33-14-18-53-45(33)54-29-38)46(60)56-67(63,64)39-10-12-42(55-36-15-19-57(4)20-16-36)44(27-39)66(61,62)48(50,51)52/h5-12,14,18,25-27,29,31,36,55H,13,15-17,19-24,28,30H2,1-4H3,(H,53,54)(H,56,60)/t47-/m1/s1. The fourth-order valence-corrected chi connectivity index (χ4v) is 11.3. The van der Waals surface area contributed by atoms with Gasteiger partial charge in [0.15, 0.2) is 0 Å². The third-order valence-corrected chi connectivity index (χ3v) is 16.8. The van der Waals surface area contributed by atoms with E-state index in [0.717, 1.165) is 56.4 Å². The number of carbonyl (C=O) groups excluding carboxylic acids is 1. The highest BCUT2D eigenvalue weighted by Crippen LogP contribution is 2.47. The molecule has 1 atom stereocenters. The number of hydrogen-bond acceptors (Lipinski definition) is 11. The number of pyridine rings is 1. The number of piperazine rings is 1. The van der Waals surface area contributed by atoms with Gasteiger partial charge in [0.05, 0.1) is 22.3 Å². The SMILES string of the molecule is CC(C)[C@]1(C)CCC(c2ccc(Cl)cc2)=C(CN2CCN(c3ccc(C(=O)NS(=O)(=O)c4ccc(NC5CCN(C)CC5)c(S(=O)(=O)C(F)(F)F)c4)c(Oc4cnc5[nH]ccc5c4)c3)CC2)C1. The van der Waals surface area contributed by atoms with Crippen LogP contribution in [0.15, 0.2) is 101 Å². The van der Waals surface area contributed by atoms with Gasteiger partial charge in [0.1, 0.15) is 22.0 Å². The van der Waals surface area contributed by atoms with Crippen molar-refractivity contribution >= 4 is 65.3 Å². The van der Waals surface area contributed by atoms with Gasteiger partial charge in [-0.15, -0.1) is 0 Å². The quantitative estimate of drug-likeness (QED) is 0.103. The third kappa shape index (κ3) is 10.6. The Kier molecular flexibility index (Phi) is 13.8. The first-order chi connectivity index (χ1) is 31.7. The first kappa shape index (κ1) is 48.3. The van der Waals surface area contributed by atoms with Crippen LogP contribution >= 0.6 is 11.6 Å². The number of sulfonamides is 1. The number of allylic oxidation sites excluding steroid dienone is 1. The van der Waals surface area contributed by atoms with E-state index in [9.17, 15) is 34.8 Å². The number of rotatable bonds is 13. The van der Waals surface area contributed by atoms with Gasteiger partial charge in [-0.1, -0.05) is 50.1 Å². The first-order valence-corrected chi connectivity index (χ1v) is 25.7. The van der Waals surface area contributed by atoms with E-state index in [1.807, 2.05) is 28.8 Å². The molecule has 67 heavy (non-hydrogen) atoms. The number of benzene rings is 3. The Morgan fingerprint density at radius 2 is 1.67 bits per heavy atom. The molecule has 3 aliphatic rings. The monoisotopic (exact) mass is 981 g/mol. The van der Waals surface area contributed by atoms with E-state index in [1.165, 1.54) is 29.0 Å². The maximum Gasteiger partial charge on any atom is 0.501 e. The number of fused-ring (bicyclic) bond motifs is 1. The minimum Gasteiger partial charge on any atom is -0.455 e. The topological polar surface area (TPSA) is 157 Å². The highest BCUT2D eigenvalue weighted by atomic mass is 35.5. The molecule has 0 spiro atoms. The molecule has 358 valence electrons. The minimum atomic E-state index is -6.03. The van der Waals surface area contributed by atoms with Crippen LogP contribution in [0.3, 0.4) is 0 Å². The van der Waals surface area contributed by atoms with Crippen LogP contribution in [-0.4, -0.2) is 107 Å². The fourth-order valence-electron chi connectivity index (χ4n) is 9.17. The molecule has 3 N–H and O–H groups in total. The van der Waals surface area contributed by atoms with Gasteiger partial charge in [-0.25, -0.2) is 26.5 Å². The molecule has 0 radical (unpaired) electrons. The number of likely N-dealkylation sites (tertiary alicyclic amines) is 1. The van der Waals surface area contributed by atoms with E-state index in [-0.39, 0.29) is 34.2 Å². The van der Waals surface area contributed by atoms with Crippen LogP contribution in [0.1, 0.15) is 68.8 Å². The molecule has 1 amide bonds. The molecular weight excluding hydrogens is 927 g/mol. The fraction of sp³-hybridized carbons (Fsp3) is 0.417. The van der Waals surface area contributed by atoms with Crippen LogP contribution in [-0.2, 0) is 19.9 Å². The Bertz CT molecular complexity index is 2890. The van der Waals surface area contributed by atoms with Crippen molar-refractivity contribution in [1.29, 1.82) is 0 Å². The van der Waals surface area contributed by atoms with Crippen molar-refractivity contribution in [3.05, 3.63) is 107 Å². The second kappa shape index (κ2) is 19.1. The highest BCUT2D eigenvalue weighted by molar-refractivity contribution is 7.92. The molecule has 2 aromatic heterocycles. The summed E-state index contributed by atoms with van der Waals surface area (Å²) in [6.07, 6.45) is 7.31. The third-order valence-electron chi connectivity index (χ3n) is 13.7. The Balaban J connectivity index is 1.04. The number of sulfone groups is 1. The zero-order chi connectivity index (χ0) is 47.9. The van der Waals surface area contributed by atoms with E-state index >= 15 is 0 Å². The van der Waals surface area contributed by atoms with Crippen molar-refractivity contribution in [2.24, 2.45) is 11.3 Å². The Labute approximate surface area is 394 Å². The average Bonchev–Trinajstić information content (AvgIpc) is 3.75. The molecular formula is C48H55ClF3N7O6S2. The lowest BCUT2D eigenvalue weighted by molar-refractivity contribution is -0.0435. The predicted molar refractivity (Wildman–Crippen MR) is 255 cm³/mol. The zero-order valence-corrected chi connectivity index (χ0v) is 40.2. The van der Waals surface area contributed by atoms with Gasteiger partial charge in [-0.3, -0.25) is 9.69 Å². The summed E-state index contributed by atoms with van der Waals surface area (Å²) in [7, 11) is -9.09. The van der Waals surface area contributed by atoms with E-state index < -0.39 is 41.1 Å². The first-order valence-electron chi connectivity index (χ1n) is 22.4. The smallest absolute Gasteiger partial charge is 0.455 e. The van der Waals surface area contributed by atoms with Crippen molar-refractivity contribution < 1.29 is 39.5 Å². The number of aromatic nitrogens is 2. The molecule has 0 bridgehead atoms. The molecule has 1 aliphatic carbocycles. The van der Waals surface area contributed by atoms with Gasteiger partial charge < -0.3 is 24.8 Å². The number of anilines is 2. The van der Waals surface area contributed by atoms with Gasteiger partial charge in [-0.2, -0.15) is 13.2 Å². The van der Waals surface area contributed by atoms with E-state index in [4.69, 9.17) is 16.3 Å². The minimum absolute atomic E-state index is 0.00438. The normalized spacial score (nSPS) is 19.6. The lowest BCUT2D eigenvalue weighted by Gasteiger charge is -2.42. The number of hydrogen-bond donors (Lipinski definition) is 3. The number of nitrogens with one attached hydrogen (secondary N) is 3. The van der Waals surface area contributed by atoms with Crippen molar-refractivity contribution in [1.82, 2.24) is 24.5 Å². The molecule has 2 saturated heterocycles. The molecule has 4 heterocycles. The number of halogens is 4. The van der Waals surface area contributed by atoms with Crippen LogP contribution in [0.25, 0.3) is 16.6 Å². The summed E-state index contributed by atoms with van der Waals surface area (Å²) in [4.78, 5) is 26.0. The number of amides is 1. The van der Waals surface area contributed by atoms with Gasteiger partial charge in [0, 0.05) is 67.1 Å². The summed E-state index contributed by atoms with van der Waals surface area (Å²) in [6, 6.07) is 18.4. The van der Waals surface area contributed by atoms with Crippen LogP contribution in [0.2, 0.25) is 5.02 Å². The average molecular weight is 983 g/mol. The summed E-state index contributed by atoms with van der Waals surface area (Å²) in [6.45, 7) is 11.8. The number of ether oxygens (including phenoxy) is 1. The second-order valence-electron chi connectivity index (χ2n) is 18.5. The maximum atomic E-state index is 14.0. The highest BCUT2D eigenvalue weighted by Gasteiger charge is 2.48. The van der Waals surface area contributed by atoms with Gasteiger partial charge in [0.2, 0.25) is 0 Å². The van der Waals surface area contributed by atoms with Crippen LogP contribution in [0.5, 0.6) is 11.5 Å². The Hall–Kier alpha value is -5.14. The predicted octanol–water partition coefficient (Wildman–Crippen LogP) is 9.35. The van der Waals surface area contributed by atoms with E-state index in [0.29, 0.717) is 67.4 Å². The van der Waals surface area contributed by atoms with Crippen molar-refractivity contribution in [2.75, 3.05) is 63.1 Å². The molecule has 2 fully saturated rings.